The summed E-state index contributed by atoms with van der Waals surface area (Å²) in [6.45, 7) is 8.22. The van der Waals surface area contributed by atoms with Gasteiger partial charge >= 0.3 is 0 Å². The van der Waals surface area contributed by atoms with Crippen molar-refractivity contribution in [3.05, 3.63) is 12.3 Å². The number of methoxy groups -OCH3 is 1. The van der Waals surface area contributed by atoms with E-state index in [1.807, 2.05) is 0 Å². The molecule has 0 aromatic carbocycles. The van der Waals surface area contributed by atoms with Gasteiger partial charge in [-0.15, -0.1) is 0 Å². The molecule has 0 radical (unpaired) electrons. The fourth-order valence-corrected chi connectivity index (χ4v) is 2.42. The van der Waals surface area contributed by atoms with Crippen molar-refractivity contribution in [3.8, 4) is 0 Å². The van der Waals surface area contributed by atoms with Crippen molar-refractivity contribution in [3.63, 3.8) is 0 Å². The van der Waals surface area contributed by atoms with Gasteiger partial charge in [-0.05, 0) is 24.7 Å². The van der Waals surface area contributed by atoms with Gasteiger partial charge in [0.1, 0.15) is 5.60 Å². The van der Waals surface area contributed by atoms with E-state index in [4.69, 9.17) is 10.5 Å². The van der Waals surface area contributed by atoms with E-state index in [0.717, 1.165) is 12.8 Å². The fourth-order valence-electron chi connectivity index (χ4n) is 2.42. The van der Waals surface area contributed by atoms with Gasteiger partial charge in [-0.3, -0.25) is 0 Å². The standard InChI is InChI=1S/C10H19NO/c1-8(11)10(12-4)7-5-6-9(10,2)3/h1,5-7,11H2,2-4H3/t10-/m0/s1. The summed E-state index contributed by atoms with van der Waals surface area (Å²) in [6.07, 6.45) is 3.35. The highest BCUT2D eigenvalue weighted by molar-refractivity contribution is 5.18. The monoisotopic (exact) mass is 169 g/mol. The Bertz CT molecular complexity index is 198. The largest absolute Gasteiger partial charge is 0.400 e. The minimum atomic E-state index is -0.285. The van der Waals surface area contributed by atoms with Crippen LogP contribution in [0.4, 0.5) is 0 Å². The van der Waals surface area contributed by atoms with Crippen LogP contribution in [0.25, 0.3) is 0 Å². The zero-order chi connectivity index (χ0) is 9.41. The molecule has 2 N–H and O–H groups in total. The summed E-state index contributed by atoms with van der Waals surface area (Å²) >= 11 is 0. The van der Waals surface area contributed by atoms with E-state index in [0.29, 0.717) is 5.70 Å². The van der Waals surface area contributed by atoms with Crippen LogP contribution in [0, 0.1) is 5.41 Å². The highest BCUT2D eigenvalue weighted by Gasteiger charge is 2.50. The van der Waals surface area contributed by atoms with E-state index < -0.39 is 0 Å². The van der Waals surface area contributed by atoms with Crippen molar-refractivity contribution < 1.29 is 4.74 Å². The Hall–Kier alpha value is -0.500. The predicted octanol–water partition coefficient (Wildman–Crippen LogP) is 2.05. The lowest BCUT2D eigenvalue weighted by Crippen LogP contribution is -2.45. The van der Waals surface area contributed by atoms with Gasteiger partial charge in [0.25, 0.3) is 0 Å². The maximum Gasteiger partial charge on any atom is 0.111 e. The molecule has 12 heavy (non-hydrogen) atoms. The molecule has 0 amide bonds. The molecule has 1 atom stereocenters. The van der Waals surface area contributed by atoms with Crippen LogP contribution in [-0.2, 0) is 4.74 Å². The van der Waals surface area contributed by atoms with Crippen molar-refractivity contribution in [2.24, 2.45) is 11.1 Å². The van der Waals surface area contributed by atoms with Crippen molar-refractivity contribution in [2.75, 3.05) is 7.11 Å². The molecule has 2 nitrogen and oxygen atoms in total. The number of ether oxygens (including phenoxy) is 1. The second-order valence-corrected chi connectivity index (χ2v) is 4.29. The highest BCUT2D eigenvalue weighted by Crippen LogP contribution is 2.50. The van der Waals surface area contributed by atoms with E-state index in [1.54, 1.807) is 7.11 Å². The van der Waals surface area contributed by atoms with Gasteiger partial charge in [0.2, 0.25) is 0 Å². The molecular formula is C10H19NO. The van der Waals surface area contributed by atoms with E-state index in [2.05, 4.69) is 20.4 Å². The Morgan fingerprint density at radius 3 is 2.17 bits per heavy atom. The third kappa shape index (κ3) is 1.06. The molecular weight excluding hydrogens is 150 g/mol. The average Bonchev–Trinajstić information content (AvgIpc) is 2.25. The first-order valence-electron chi connectivity index (χ1n) is 4.46. The Morgan fingerprint density at radius 1 is 1.42 bits per heavy atom. The molecule has 1 saturated carbocycles. The van der Waals surface area contributed by atoms with Crippen LogP contribution in [-0.4, -0.2) is 12.7 Å². The lowest BCUT2D eigenvalue weighted by Gasteiger charge is -2.40. The maximum absolute atomic E-state index is 5.80. The SMILES string of the molecule is C=C(N)[C@@]1(OC)CCCC1(C)C. The summed E-state index contributed by atoms with van der Waals surface area (Å²) in [4.78, 5) is 0. The van der Waals surface area contributed by atoms with Gasteiger partial charge in [0.05, 0.1) is 0 Å². The third-order valence-electron chi connectivity index (χ3n) is 3.29. The number of rotatable bonds is 2. The van der Waals surface area contributed by atoms with Gasteiger partial charge in [-0.1, -0.05) is 20.4 Å². The summed E-state index contributed by atoms with van der Waals surface area (Å²) in [5.74, 6) is 0. The van der Waals surface area contributed by atoms with Crippen molar-refractivity contribution in [1.29, 1.82) is 0 Å². The maximum atomic E-state index is 5.80. The van der Waals surface area contributed by atoms with E-state index in [9.17, 15) is 0 Å². The molecule has 0 heterocycles. The van der Waals surface area contributed by atoms with E-state index in [-0.39, 0.29) is 11.0 Å². The first kappa shape index (κ1) is 9.59. The second-order valence-electron chi connectivity index (χ2n) is 4.29. The Labute approximate surface area is 74.8 Å². The average molecular weight is 169 g/mol. The van der Waals surface area contributed by atoms with Crippen LogP contribution in [0.3, 0.4) is 0 Å². The minimum absolute atomic E-state index is 0.133. The zero-order valence-electron chi connectivity index (χ0n) is 8.31. The first-order valence-corrected chi connectivity index (χ1v) is 4.46. The van der Waals surface area contributed by atoms with Crippen LogP contribution in [0.2, 0.25) is 0 Å². The molecule has 1 fully saturated rings. The summed E-state index contributed by atoms with van der Waals surface area (Å²) < 4.78 is 5.55. The second kappa shape index (κ2) is 2.77. The molecule has 0 saturated heterocycles. The Morgan fingerprint density at radius 2 is 2.00 bits per heavy atom. The van der Waals surface area contributed by atoms with Gasteiger partial charge < -0.3 is 10.5 Å². The molecule has 0 bridgehead atoms. The molecule has 0 aromatic rings. The molecule has 1 rings (SSSR count). The van der Waals surface area contributed by atoms with Crippen LogP contribution in [0.5, 0.6) is 0 Å². The summed E-state index contributed by atoms with van der Waals surface area (Å²) in [7, 11) is 1.73. The molecule has 70 valence electrons. The molecule has 1 aliphatic rings. The van der Waals surface area contributed by atoms with Crippen molar-refractivity contribution >= 4 is 0 Å². The van der Waals surface area contributed by atoms with Crippen LogP contribution >= 0.6 is 0 Å². The van der Waals surface area contributed by atoms with Crippen LogP contribution < -0.4 is 5.73 Å². The quantitative estimate of drug-likeness (QED) is 0.686. The van der Waals surface area contributed by atoms with Crippen molar-refractivity contribution in [2.45, 2.75) is 38.7 Å². The highest BCUT2D eigenvalue weighted by atomic mass is 16.5. The predicted molar refractivity (Wildman–Crippen MR) is 50.7 cm³/mol. The third-order valence-corrected chi connectivity index (χ3v) is 3.29. The topological polar surface area (TPSA) is 35.2 Å². The Kier molecular flexibility index (Phi) is 2.21. The molecule has 0 unspecified atom stereocenters. The summed E-state index contributed by atoms with van der Waals surface area (Å²) in [5.41, 5.74) is 6.32. The van der Waals surface area contributed by atoms with Gasteiger partial charge in [-0.25, -0.2) is 0 Å². The Balaban J connectivity index is 3.00. The van der Waals surface area contributed by atoms with Crippen molar-refractivity contribution in [1.82, 2.24) is 0 Å². The molecule has 2 heteroatoms. The van der Waals surface area contributed by atoms with Crippen LogP contribution in [0.1, 0.15) is 33.1 Å². The van der Waals surface area contributed by atoms with Gasteiger partial charge in [-0.2, -0.15) is 0 Å². The minimum Gasteiger partial charge on any atom is -0.400 e. The van der Waals surface area contributed by atoms with E-state index >= 15 is 0 Å². The zero-order valence-corrected chi connectivity index (χ0v) is 8.31. The van der Waals surface area contributed by atoms with Crippen LogP contribution in [0.15, 0.2) is 12.3 Å². The lowest BCUT2D eigenvalue weighted by atomic mass is 9.76. The number of hydrogen-bond donors (Lipinski definition) is 1. The normalized spacial score (nSPS) is 33.6. The lowest BCUT2D eigenvalue weighted by molar-refractivity contribution is -0.0489. The summed E-state index contributed by atoms with van der Waals surface area (Å²) in [5, 5.41) is 0. The number of nitrogens with two attached hydrogens (primary N) is 1. The summed E-state index contributed by atoms with van der Waals surface area (Å²) in [6, 6.07) is 0. The van der Waals surface area contributed by atoms with E-state index in [1.165, 1.54) is 6.42 Å². The fraction of sp³-hybridized carbons (Fsp3) is 0.800. The van der Waals surface area contributed by atoms with Gasteiger partial charge in [0, 0.05) is 12.8 Å². The smallest absolute Gasteiger partial charge is 0.111 e. The first-order chi connectivity index (χ1) is 5.46. The number of hydrogen-bond acceptors (Lipinski definition) is 2. The molecule has 0 aromatic heterocycles. The molecule has 0 aliphatic heterocycles. The molecule has 0 spiro atoms. The van der Waals surface area contributed by atoms with Gasteiger partial charge in [0.15, 0.2) is 0 Å². The molecule has 1 aliphatic carbocycles.